The van der Waals surface area contributed by atoms with E-state index in [1.54, 1.807) is 11.8 Å². The highest BCUT2D eigenvalue weighted by molar-refractivity contribution is 7.99. The number of sulfone groups is 1. The lowest BCUT2D eigenvalue weighted by atomic mass is 10.2. The zero-order valence-electron chi connectivity index (χ0n) is 13.9. The highest BCUT2D eigenvalue weighted by Crippen LogP contribution is 2.31. The fourth-order valence-electron chi connectivity index (χ4n) is 2.70. The number of carbonyl (C=O) groups excluding carboxylic acids is 1. The maximum atomic E-state index is 12.8. The van der Waals surface area contributed by atoms with E-state index in [0.717, 1.165) is 18.6 Å². The predicted octanol–water partition coefficient (Wildman–Crippen LogP) is 2.73. The van der Waals surface area contributed by atoms with Crippen LogP contribution in [0, 0.1) is 0 Å². The topological polar surface area (TPSA) is 54.5 Å². The molecule has 0 aliphatic heterocycles. The summed E-state index contributed by atoms with van der Waals surface area (Å²) in [5.41, 5.74) is 1.19. The molecule has 6 heteroatoms. The summed E-state index contributed by atoms with van der Waals surface area (Å²) in [6.07, 6.45) is 3.19. The molecule has 1 aromatic rings. The van der Waals surface area contributed by atoms with E-state index in [1.807, 2.05) is 36.9 Å². The standard InChI is InChI=1S/C17H25NO3S2/c1-13(12-23(3,20)21)18(16-9-10-16)17(19)14(2)22-11-15-7-5-4-6-8-15/h4-8,13-14,16H,9-12H2,1-3H3. The highest BCUT2D eigenvalue weighted by Gasteiger charge is 2.38. The third-order valence-corrected chi connectivity index (χ3v) is 6.19. The molecule has 1 aliphatic rings. The summed E-state index contributed by atoms with van der Waals surface area (Å²) in [5, 5.41) is -0.169. The van der Waals surface area contributed by atoms with Crippen LogP contribution in [0.15, 0.2) is 30.3 Å². The summed E-state index contributed by atoms with van der Waals surface area (Å²) < 4.78 is 23.1. The largest absolute Gasteiger partial charge is 0.335 e. The molecule has 0 saturated heterocycles. The Morgan fingerprint density at radius 1 is 1.26 bits per heavy atom. The minimum Gasteiger partial charge on any atom is -0.335 e. The molecular formula is C17H25NO3S2. The third-order valence-electron chi connectivity index (χ3n) is 3.90. The van der Waals surface area contributed by atoms with E-state index >= 15 is 0 Å². The molecule has 1 aromatic carbocycles. The Hall–Kier alpha value is -1.01. The van der Waals surface area contributed by atoms with Crippen LogP contribution in [0.25, 0.3) is 0 Å². The molecule has 2 unspecified atom stereocenters. The van der Waals surface area contributed by atoms with Crippen LogP contribution in [0.4, 0.5) is 0 Å². The lowest BCUT2D eigenvalue weighted by Gasteiger charge is -2.31. The van der Waals surface area contributed by atoms with E-state index in [4.69, 9.17) is 0 Å². The van der Waals surface area contributed by atoms with Crippen molar-refractivity contribution < 1.29 is 13.2 Å². The minimum atomic E-state index is -3.09. The van der Waals surface area contributed by atoms with Gasteiger partial charge in [0.1, 0.15) is 9.84 Å². The molecule has 4 nitrogen and oxygen atoms in total. The first kappa shape index (κ1) is 18.3. The van der Waals surface area contributed by atoms with E-state index in [9.17, 15) is 13.2 Å². The second kappa shape index (κ2) is 7.71. The van der Waals surface area contributed by atoms with Crippen LogP contribution in [-0.2, 0) is 20.4 Å². The molecule has 1 amide bonds. The fraction of sp³-hybridized carbons (Fsp3) is 0.588. The van der Waals surface area contributed by atoms with Gasteiger partial charge in [0.15, 0.2) is 0 Å². The van der Waals surface area contributed by atoms with Crippen molar-refractivity contribution in [2.45, 2.75) is 49.8 Å². The number of carbonyl (C=O) groups is 1. The first-order valence-corrected chi connectivity index (χ1v) is 11.0. The smallest absolute Gasteiger partial charge is 0.235 e. The van der Waals surface area contributed by atoms with Crippen molar-refractivity contribution in [1.29, 1.82) is 0 Å². The quantitative estimate of drug-likeness (QED) is 0.719. The Morgan fingerprint density at radius 3 is 2.39 bits per heavy atom. The van der Waals surface area contributed by atoms with Crippen molar-refractivity contribution in [2.24, 2.45) is 0 Å². The van der Waals surface area contributed by atoms with Crippen molar-refractivity contribution in [3.05, 3.63) is 35.9 Å². The van der Waals surface area contributed by atoms with Gasteiger partial charge in [0.05, 0.1) is 11.0 Å². The Bertz CT molecular complexity index is 626. The van der Waals surface area contributed by atoms with Crippen molar-refractivity contribution in [3.8, 4) is 0 Å². The average molecular weight is 356 g/mol. The van der Waals surface area contributed by atoms with Crippen LogP contribution in [0.5, 0.6) is 0 Å². The summed E-state index contributed by atoms with van der Waals surface area (Å²) >= 11 is 1.61. The van der Waals surface area contributed by atoms with Gasteiger partial charge < -0.3 is 4.90 Å². The van der Waals surface area contributed by atoms with Gasteiger partial charge in [0, 0.05) is 24.1 Å². The number of hydrogen-bond donors (Lipinski definition) is 0. The molecule has 2 atom stereocenters. The SMILES string of the molecule is CC(SCc1ccccc1)C(=O)N(C(C)CS(C)(=O)=O)C1CC1. The van der Waals surface area contributed by atoms with Gasteiger partial charge in [-0.15, -0.1) is 11.8 Å². The van der Waals surface area contributed by atoms with Gasteiger partial charge in [-0.2, -0.15) is 0 Å². The summed E-state index contributed by atoms with van der Waals surface area (Å²) in [4.78, 5) is 14.6. The zero-order chi connectivity index (χ0) is 17.0. The van der Waals surface area contributed by atoms with Crippen molar-refractivity contribution in [1.82, 2.24) is 4.90 Å². The van der Waals surface area contributed by atoms with E-state index in [0.29, 0.717) is 0 Å². The zero-order valence-corrected chi connectivity index (χ0v) is 15.6. The third kappa shape index (κ3) is 5.84. The van der Waals surface area contributed by atoms with Gasteiger partial charge in [0.25, 0.3) is 0 Å². The Labute approximate surface area is 143 Å². The van der Waals surface area contributed by atoms with E-state index in [1.165, 1.54) is 11.8 Å². The first-order valence-electron chi connectivity index (χ1n) is 7.93. The predicted molar refractivity (Wildman–Crippen MR) is 96.2 cm³/mol. The Kier molecular flexibility index (Phi) is 6.14. The van der Waals surface area contributed by atoms with E-state index < -0.39 is 9.84 Å². The van der Waals surface area contributed by atoms with Crippen molar-refractivity contribution in [2.75, 3.05) is 12.0 Å². The molecule has 0 heterocycles. The maximum absolute atomic E-state index is 12.8. The minimum absolute atomic E-state index is 0.0330. The number of hydrogen-bond acceptors (Lipinski definition) is 4. The molecule has 0 spiro atoms. The number of benzene rings is 1. The van der Waals surface area contributed by atoms with Crippen molar-refractivity contribution in [3.63, 3.8) is 0 Å². The van der Waals surface area contributed by atoms with Crippen molar-refractivity contribution >= 4 is 27.5 Å². The van der Waals surface area contributed by atoms with Crippen LogP contribution in [0.1, 0.15) is 32.3 Å². The molecule has 1 saturated carbocycles. The van der Waals surface area contributed by atoms with Gasteiger partial charge in [-0.25, -0.2) is 8.42 Å². The summed E-state index contributed by atoms with van der Waals surface area (Å²) in [6, 6.07) is 10.0. The molecule has 0 radical (unpaired) electrons. The van der Waals surface area contributed by atoms with Crippen LogP contribution in [0.3, 0.4) is 0 Å². The van der Waals surface area contributed by atoms with Gasteiger partial charge in [-0.1, -0.05) is 30.3 Å². The van der Waals surface area contributed by atoms with E-state index in [2.05, 4.69) is 12.1 Å². The highest BCUT2D eigenvalue weighted by atomic mass is 32.2. The second-order valence-electron chi connectivity index (χ2n) is 6.36. The van der Waals surface area contributed by atoms with Gasteiger partial charge >= 0.3 is 0 Å². The van der Waals surface area contributed by atoms with Crippen LogP contribution >= 0.6 is 11.8 Å². The summed E-state index contributed by atoms with van der Waals surface area (Å²) in [6.45, 7) is 3.75. The molecule has 0 bridgehead atoms. The maximum Gasteiger partial charge on any atom is 0.235 e. The monoisotopic (exact) mass is 355 g/mol. The van der Waals surface area contributed by atoms with Gasteiger partial charge in [0.2, 0.25) is 5.91 Å². The number of thioether (sulfide) groups is 1. The molecule has 0 aromatic heterocycles. The molecule has 1 fully saturated rings. The fourth-order valence-corrected chi connectivity index (χ4v) is 4.64. The summed E-state index contributed by atoms with van der Waals surface area (Å²) in [7, 11) is -3.09. The Morgan fingerprint density at radius 2 is 1.87 bits per heavy atom. The summed E-state index contributed by atoms with van der Waals surface area (Å²) in [5.74, 6) is 0.877. The second-order valence-corrected chi connectivity index (χ2v) is 9.87. The lowest BCUT2D eigenvalue weighted by Crippen LogP contribution is -2.46. The average Bonchev–Trinajstić information content (AvgIpc) is 3.28. The molecular weight excluding hydrogens is 330 g/mol. The molecule has 1 aliphatic carbocycles. The van der Waals surface area contributed by atoms with Gasteiger partial charge in [-0.3, -0.25) is 4.79 Å². The number of nitrogens with zero attached hydrogens (tertiary/aromatic N) is 1. The van der Waals surface area contributed by atoms with Crippen LogP contribution in [0.2, 0.25) is 0 Å². The molecule has 128 valence electrons. The van der Waals surface area contributed by atoms with Crippen LogP contribution < -0.4 is 0 Å². The lowest BCUT2D eigenvalue weighted by molar-refractivity contribution is -0.132. The van der Waals surface area contributed by atoms with Crippen LogP contribution in [-0.4, -0.2) is 48.6 Å². The van der Waals surface area contributed by atoms with Gasteiger partial charge in [-0.05, 0) is 32.3 Å². The molecule has 2 rings (SSSR count). The number of amides is 1. The first-order chi connectivity index (χ1) is 10.8. The van der Waals surface area contributed by atoms with E-state index in [-0.39, 0.29) is 29.0 Å². The molecule has 0 N–H and O–H groups in total. The Balaban J connectivity index is 1.97. The normalized spacial score (nSPS) is 17.5. The molecule has 23 heavy (non-hydrogen) atoms. The number of rotatable bonds is 8.